The summed E-state index contributed by atoms with van der Waals surface area (Å²) < 4.78 is 6.55. The van der Waals surface area contributed by atoms with Crippen molar-refractivity contribution < 1.29 is 4.63 Å². The number of nitrogens with two attached hydrogens (primary N) is 1. The van der Waals surface area contributed by atoms with E-state index in [4.69, 9.17) is 5.73 Å². The summed E-state index contributed by atoms with van der Waals surface area (Å²) in [4.78, 5) is 4.58. The van der Waals surface area contributed by atoms with E-state index in [1.807, 2.05) is 41.1 Å². The van der Waals surface area contributed by atoms with Gasteiger partial charge in [-0.05, 0) is 10.3 Å². The van der Waals surface area contributed by atoms with Crippen LogP contribution in [0.1, 0.15) is 0 Å². The lowest BCUT2D eigenvalue weighted by atomic mass is 10.2. The van der Waals surface area contributed by atoms with Crippen molar-refractivity contribution in [3.8, 4) is 22.8 Å². The number of hydrogen-bond acceptors (Lipinski definition) is 5. The second-order valence-electron chi connectivity index (χ2n) is 4.25. The minimum atomic E-state index is 0.223. The van der Waals surface area contributed by atoms with Crippen LogP contribution in [0.25, 0.3) is 22.8 Å². The van der Waals surface area contributed by atoms with Crippen LogP contribution < -0.4 is 5.73 Å². The molecule has 0 radical (unpaired) electrons. The third-order valence-electron chi connectivity index (χ3n) is 2.90. The van der Waals surface area contributed by atoms with E-state index in [1.165, 1.54) is 0 Å². The lowest BCUT2D eigenvalue weighted by Gasteiger charge is -2.00. The van der Waals surface area contributed by atoms with Crippen molar-refractivity contribution in [1.29, 1.82) is 0 Å². The van der Waals surface area contributed by atoms with Crippen molar-refractivity contribution in [3.63, 3.8) is 0 Å². The molecule has 6 heteroatoms. The molecule has 2 aromatic heterocycles. The van der Waals surface area contributed by atoms with Gasteiger partial charge < -0.3 is 10.3 Å². The molecular weight excluding hydrogens is 254 g/mol. The first-order valence-corrected chi connectivity index (χ1v) is 6.11. The van der Waals surface area contributed by atoms with Crippen LogP contribution in [0.2, 0.25) is 0 Å². The maximum Gasteiger partial charge on any atom is 0.199 e. The molecule has 0 fully saturated rings. The molecule has 2 N–H and O–H groups in total. The van der Waals surface area contributed by atoms with E-state index in [0.717, 1.165) is 11.3 Å². The lowest BCUT2D eigenvalue weighted by Crippen LogP contribution is -1.99. The van der Waals surface area contributed by atoms with E-state index < -0.39 is 0 Å². The summed E-state index contributed by atoms with van der Waals surface area (Å²) >= 11 is 0. The molecule has 0 aliphatic heterocycles. The number of nitrogens with zero attached hydrogens (tertiary/aromatic N) is 4. The molecule has 0 spiro atoms. The molecule has 0 aliphatic carbocycles. The van der Waals surface area contributed by atoms with Crippen LogP contribution in [-0.2, 0) is 6.54 Å². The predicted octanol–water partition coefficient (Wildman–Crippen LogP) is 2.37. The van der Waals surface area contributed by atoms with E-state index in [0.29, 0.717) is 18.1 Å². The van der Waals surface area contributed by atoms with Gasteiger partial charge in [-0.1, -0.05) is 36.4 Å². The second kappa shape index (κ2) is 5.00. The van der Waals surface area contributed by atoms with Gasteiger partial charge in [0.25, 0.3) is 0 Å². The standard InChI is InChI=1S/C14H13N5O/c1-2-8-19-9-11(10-6-4-3-5-7-10)16-14(19)12-13(15)18-20-17-12/h2-7,9H,1,8H2,(H2,15,18). The topological polar surface area (TPSA) is 82.8 Å². The molecule has 100 valence electrons. The van der Waals surface area contributed by atoms with Gasteiger partial charge in [0, 0.05) is 18.3 Å². The van der Waals surface area contributed by atoms with E-state index in [1.54, 1.807) is 6.08 Å². The minimum absolute atomic E-state index is 0.223. The van der Waals surface area contributed by atoms with Crippen molar-refractivity contribution in [2.24, 2.45) is 0 Å². The first kappa shape index (κ1) is 12.2. The van der Waals surface area contributed by atoms with Crippen molar-refractivity contribution in [2.75, 3.05) is 5.73 Å². The molecule has 0 bridgehead atoms. The minimum Gasteiger partial charge on any atom is -0.379 e. The van der Waals surface area contributed by atoms with Crippen LogP contribution in [-0.4, -0.2) is 19.9 Å². The number of hydrogen-bond donors (Lipinski definition) is 1. The predicted molar refractivity (Wildman–Crippen MR) is 75.6 cm³/mol. The molecule has 0 unspecified atom stereocenters. The van der Waals surface area contributed by atoms with E-state index in [9.17, 15) is 0 Å². The molecule has 2 heterocycles. The van der Waals surface area contributed by atoms with E-state index in [-0.39, 0.29) is 5.82 Å². The summed E-state index contributed by atoms with van der Waals surface area (Å²) in [5.41, 5.74) is 8.04. The second-order valence-corrected chi connectivity index (χ2v) is 4.25. The zero-order valence-electron chi connectivity index (χ0n) is 10.7. The first-order chi connectivity index (χ1) is 9.79. The quantitative estimate of drug-likeness (QED) is 0.734. The van der Waals surface area contributed by atoms with Crippen molar-refractivity contribution in [3.05, 3.63) is 49.2 Å². The highest BCUT2D eigenvalue weighted by atomic mass is 16.6. The van der Waals surface area contributed by atoms with Gasteiger partial charge in [-0.15, -0.1) is 6.58 Å². The van der Waals surface area contributed by atoms with E-state index >= 15 is 0 Å². The third kappa shape index (κ3) is 2.07. The maximum absolute atomic E-state index is 5.74. The van der Waals surface area contributed by atoms with Crippen LogP contribution >= 0.6 is 0 Å². The van der Waals surface area contributed by atoms with Gasteiger partial charge in [-0.3, -0.25) is 0 Å². The molecule has 0 saturated carbocycles. The average Bonchev–Trinajstić information content (AvgIpc) is 3.06. The molecule has 1 aromatic carbocycles. The van der Waals surface area contributed by atoms with Gasteiger partial charge in [0.15, 0.2) is 17.3 Å². The van der Waals surface area contributed by atoms with Gasteiger partial charge in [0.2, 0.25) is 0 Å². The largest absolute Gasteiger partial charge is 0.379 e. The van der Waals surface area contributed by atoms with Crippen molar-refractivity contribution >= 4 is 5.82 Å². The Kier molecular flexibility index (Phi) is 3.04. The zero-order valence-corrected chi connectivity index (χ0v) is 10.7. The Morgan fingerprint density at radius 2 is 2.05 bits per heavy atom. The van der Waals surface area contributed by atoms with Gasteiger partial charge >= 0.3 is 0 Å². The molecule has 0 atom stereocenters. The maximum atomic E-state index is 5.74. The summed E-state index contributed by atoms with van der Waals surface area (Å²) in [6.45, 7) is 4.34. The number of aromatic nitrogens is 4. The molecule has 20 heavy (non-hydrogen) atoms. The smallest absolute Gasteiger partial charge is 0.199 e. The van der Waals surface area contributed by atoms with E-state index in [2.05, 4.69) is 26.5 Å². The Morgan fingerprint density at radius 3 is 2.70 bits per heavy atom. The Hall–Kier alpha value is -2.89. The van der Waals surface area contributed by atoms with Crippen molar-refractivity contribution in [1.82, 2.24) is 19.9 Å². The Labute approximate surface area is 115 Å². The lowest BCUT2D eigenvalue weighted by molar-refractivity contribution is 0.310. The first-order valence-electron chi connectivity index (χ1n) is 6.11. The fourth-order valence-corrected chi connectivity index (χ4v) is 1.98. The summed E-state index contributed by atoms with van der Waals surface area (Å²) in [6.07, 6.45) is 3.71. The number of nitrogen functional groups attached to an aromatic ring is 1. The van der Waals surface area contributed by atoms with Gasteiger partial charge in [-0.25, -0.2) is 9.61 Å². The number of anilines is 1. The summed E-state index contributed by atoms with van der Waals surface area (Å²) in [7, 11) is 0. The number of allylic oxidation sites excluding steroid dienone is 1. The van der Waals surface area contributed by atoms with Gasteiger partial charge in [-0.2, -0.15) is 0 Å². The highest BCUT2D eigenvalue weighted by Crippen LogP contribution is 2.26. The molecule has 0 saturated heterocycles. The molecule has 0 amide bonds. The van der Waals surface area contributed by atoms with Gasteiger partial charge in [0.1, 0.15) is 0 Å². The normalized spacial score (nSPS) is 10.6. The molecular formula is C14H13N5O. The fraction of sp³-hybridized carbons (Fsp3) is 0.0714. The molecule has 3 aromatic rings. The average molecular weight is 267 g/mol. The Balaban J connectivity index is 2.12. The molecule has 0 aliphatic rings. The fourth-order valence-electron chi connectivity index (χ4n) is 1.98. The summed E-state index contributed by atoms with van der Waals surface area (Å²) in [5.74, 6) is 0.836. The van der Waals surface area contributed by atoms with Crippen molar-refractivity contribution in [2.45, 2.75) is 6.54 Å². The molecule has 3 rings (SSSR count). The Bertz CT molecular complexity index is 729. The highest BCUT2D eigenvalue weighted by Gasteiger charge is 2.17. The number of imidazole rings is 1. The SMILES string of the molecule is C=CCn1cc(-c2ccccc2)nc1-c1nonc1N. The summed E-state index contributed by atoms with van der Waals surface area (Å²) in [6, 6.07) is 9.88. The molecule has 6 nitrogen and oxygen atoms in total. The van der Waals surface area contributed by atoms with Gasteiger partial charge in [0.05, 0.1) is 5.69 Å². The van der Waals surface area contributed by atoms with Crippen LogP contribution in [0, 0.1) is 0 Å². The monoisotopic (exact) mass is 267 g/mol. The third-order valence-corrected chi connectivity index (χ3v) is 2.90. The van der Waals surface area contributed by atoms with Crippen LogP contribution in [0.3, 0.4) is 0 Å². The Morgan fingerprint density at radius 1 is 1.25 bits per heavy atom. The number of benzene rings is 1. The zero-order chi connectivity index (χ0) is 13.9. The van der Waals surface area contributed by atoms with Crippen LogP contribution in [0.5, 0.6) is 0 Å². The van der Waals surface area contributed by atoms with Crippen LogP contribution in [0.15, 0.2) is 53.8 Å². The van der Waals surface area contributed by atoms with Crippen LogP contribution in [0.4, 0.5) is 5.82 Å². The number of rotatable bonds is 4. The highest BCUT2D eigenvalue weighted by molar-refractivity contribution is 5.68. The summed E-state index contributed by atoms with van der Waals surface area (Å²) in [5, 5.41) is 7.40.